The molecule has 0 bridgehead atoms. The monoisotopic (exact) mass is 314 g/mol. The molecule has 4 heterocycles. The zero-order chi connectivity index (χ0) is 16.0. The Morgan fingerprint density at radius 2 is 2.17 bits per heavy atom. The van der Waals surface area contributed by atoms with Crippen LogP contribution in [0.3, 0.4) is 0 Å². The molecule has 0 aromatic carbocycles. The summed E-state index contributed by atoms with van der Waals surface area (Å²) in [5.74, 6) is 0.463. The largest absolute Gasteiger partial charge is 0.381 e. The predicted octanol–water partition coefficient (Wildman–Crippen LogP) is 2.01. The van der Waals surface area contributed by atoms with Crippen molar-refractivity contribution in [3.63, 3.8) is 0 Å². The van der Waals surface area contributed by atoms with Crippen molar-refractivity contribution in [2.75, 3.05) is 19.8 Å². The average molecular weight is 314 g/mol. The quantitative estimate of drug-likeness (QED) is 0.851. The first-order chi connectivity index (χ1) is 11.1. The van der Waals surface area contributed by atoms with Gasteiger partial charge in [-0.05, 0) is 30.9 Å². The number of carbonyl (C=O) groups excluding carboxylic acids is 1. The third kappa shape index (κ3) is 2.16. The van der Waals surface area contributed by atoms with Crippen molar-refractivity contribution in [2.45, 2.75) is 32.7 Å². The second-order valence-corrected chi connectivity index (χ2v) is 7.03. The first kappa shape index (κ1) is 14.6. The third-order valence-electron chi connectivity index (χ3n) is 5.33. The van der Waals surface area contributed by atoms with E-state index >= 15 is 0 Å². The molecule has 4 rings (SSSR count). The van der Waals surface area contributed by atoms with Crippen LogP contribution >= 0.6 is 0 Å². The second kappa shape index (κ2) is 5.30. The van der Waals surface area contributed by atoms with Crippen LogP contribution in [0.4, 0.5) is 0 Å². The van der Waals surface area contributed by atoms with E-state index in [0.29, 0.717) is 17.3 Å². The van der Waals surface area contributed by atoms with E-state index in [4.69, 9.17) is 4.74 Å². The van der Waals surface area contributed by atoms with Gasteiger partial charge in [-0.1, -0.05) is 13.8 Å². The van der Waals surface area contributed by atoms with Crippen LogP contribution < -0.4 is 0 Å². The van der Waals surface area contributed by atoms with Crippen LogP contribution in [-0.2, 0) is 4.74 Å². The minimum absolute atomic E-state index is 0.0343. The maximum absolute atomic E-state index is 13.0. The fourth-order valence-electron chi connectivity index (χ4n) is 4.37. The van der Waals surface area contributed by atoms with Crippen LogP contribution in [0.25, 0.3) is 5.65 Å². The molecule has 1 atom stereocenters. The highest BCUT2D eigenvalue weighted by molar-refractivity contribution is 5.94. The Morgan fingerprint density at radius 1 is 1.39 bits per heavy atom. The SMILES string of the molecule is CC(C)C1N(C(=O)c2cnc3cccnn23)CC12CCOCC2. The van der Waals surface area contributed by atoms with Crippen molar-refractivity contribution in [2.24, 2.45) is 11.3 Å². The van der Waals surface area contributed by atoms with E-state index in [0.717, 1.165) is 32.6 Å². The highest BCUT2D eigenvalue weighted by Crippen LogP contribution is 2.49. The number of fused-ring (bicyclic) bond motifs is 1. The molecule has 2 saturated heterocycles. The normalized spacial score (nSPS) is 23.4. The minimum atomic E-state index is 0.0343. The molecule has 2 aromatic rings. The van der Waals surface area contributed by atoms with Crippen molar-refractivity contribution in [3.8, 4) is 0 Å². The second-order valence-electron chi connectivity index (χ2n) is 7.03. The van der Waals surface area contributed by atoms with Crippen LogP contribution in [0.1, 0.15) is 37.2 Å². The molecule has 2 aliphatic rings. The van der Waals surface area contributed by atoms with Gasteiger partial charge in [-0.25, -0.2) is 9.50 Å². The first-order valence-electron chi connectivity index (χ1n) is 8.30. The molecular weight excluding hydrogens is 292 g/mol. The van der Waals surface area contributed by atoms with Crippen molar-refractivity contribution >= 4 is 11.6 Å². The lowest BCUT2D eigenvalue weighted by Crippen LogP contribution is -2.69. The van der Waals surface area contributed by atoms with Gasteiger partial charge in [0.15, 0.2) is 11.3 Å². The number of aromatic nitrogens is 3. The number of amides is 1. The number of hydrogen-bond donors (Lipinski definition) is 0. The summed E-state index contributed by atoms with van der Waals surface area (Å²) in [7, 11) is 0. The van der Waals surface area contributed by atoms with E-state index in [1.54, 1.807) is 16.9 Å². The van der Waals surface area contributed by atoms with Crippen molar-refractivity contribution in [1.82, 2.24) is 19.5 Å². The van der Waals surface area contributed by atoms with Gasteiger partial charge in [-0.2, -0.15) is 5.10 Å². The summed E-state index contributed by atoms with van der Waals surface area (Å²) in [6.45, 7) is 6.84. The molecule has 1 amide bonds. The van der Waals surface area contributed by atoms with Gasteiger partial charge in [-0.3, -0.25) is 4.79 Å². The van der Waals surface area contributed by atoms with Crippen molar-refractivity contribution in [3.05, 3.63) is 30.2 Å². The maximum Gasteiger partial charge on any atom is 0.274 e. The summed E-state index contributed by atoms with van der Waals surface area (Å²) in [4.78, 5) is 19.3. The van der Waals surface area contributed by atoms with E-state index in [-0.39, 0.29) is 17.4 Å². The van der Waals surface area contributed by atoms with Crippen molar-refractivity contribution < 1.29 is 9.53 Å². The number of carbonyl (C=O) groups is 1. The Labute approximate surface area is 135 Å². The van der Waals surface area contributed by atoms with E-state index in [9.17, 15) is 4.79 Å². The van der Waals surface area contributed by atoms with Gasteiger partial charge < -0.3 is 9.64 Å². The molecule has 122 valence electrons. The predicted molar refractivity (Wildman–Crippen MR) is 85.1 cm³/mol. The van der Waals surface area contributed by atoms with Crippen molar-refractivity contribution in [1.29, 1.82) is 0 Å². The molecular formula is C17H22N4O2. The Bertz CT molecular complexity index is 733. The number of rotatable bonds is 2. The lowest BCUT2D eigenvalue weighted by molar-refractivity contribution is -0.128. The van der Waals surface area contributed by atoms with Crippen LogP contribution in [0.15, 0.2) is 24.5 Å². The minimum Gasteiger partial charge on any atom is -0.381 e. The maximum atomic E-state index is 13.0. The Morgan fingerprint density at radius 3 is 2.91 bits per heavy atom. The van der Waals surface area contributed by atoms with E-state index in [1.165, 1.54) is 0 Å². The summed E-state index contributed by atoms with van der Waals surface area (Å²) in [6, 6.07) is 3.96. The Hall–Kier alpha value is -1.95. The number of likely N-dealkylation sites (tertiary alicyclic amines) is 1. The Kier molecular flexibility index (Phi) is 3.37. The average Bonchev–Trinajstić information content (AvgIpc) is 2.96. The first-order valence-corrected chi connectivity index (χ1v) is 8.30. The van der Waals surface area contributed by atoms with Gasteiger partial charge in [-0.15, -0.1) is 0 Å². The molecule has 0 aliphatic carbocycles. The zero-order valence-electron chi connectivity index (χ0n) is 13.6. The Balaban J connectivity index is 1.64. The molecule has 23 heavy (non-hydrogen) atoms. The van der Waals surface area contributed by atoms with Gasteiger partial charge in [0.1, 0.15) is 0 Å². The smallest absolute Gasteiger partial charge is 0.274 e. The molecule has 2 aliphatic heterocycles. The lowest BCUT2D eigenvalue weighted by Gasteiger charge is -2.60. The van der Waals surface area contributed by atoms with Crippen LogP contribution in [0.5, 0.6) is 0 Å². The van der Waals surface area contributed by atoms with Crippen LogP contribution in [0, 0.1) is 11.3 Å². The standard InChI is InChI=1S/C17H22N4O2/c1-12(2)15-17(5-8-23-9-6-17)11-20(15)16(22)13-10-18-14-4-3-7-19-21(13)14/h3-4,7,10,12,15H,5-6,8-9,11H2,1-2H3. The molecule has 0 saturated carbocycles. The van der Waals surface area contributed by atoms with Crippen LogP contribution in [0.2, 0.25) is 0 Å². The van der Waals surface area contributed by atoms with Gasteiger partial charge in [0, 0.05) is 37.4 Å². The summed E-state index contributed by atoms with van der Waals surface area (Å²) >= 11 is 0. The van der Waals surface area contributed by atoms with Gasteiger partial charge >= 0.3 is 0 Å². The molecule has 2 aromatic heterocycles. The van der Waals surface area contributed by atoms with Gasteiger partial charge in [0.05, 0.1) is 6.20 Å². The van der Waals surface area contributed by atoms with E-state index in [1.807, 2.05) is 17.0 Å². The topological polar surface area (TPSA) is 59.7 Å². The molecule has 6 nitrogen and oxygen atoms in total. The highest BCUT2D eigenvalue weighted by atomic mass is 16.5. The van der Waals surface area contributed by atoms with E-state index < -0.39 is 0 Å². The summed E-state index contributed by atoms with van der Waals surface area (Å²) < 4.78 is 7.16. The molecule has 6 heteroatoms. The number of nitrogens with zero attached hydrogens (tertiary/aromatic N) is 4. The number of imidazole rings is 1. The molecule has 1 unspecified atom stereocenters. The fraction of sp³-hybridized carbons (Fsp3) is 0.588. The molecule has 2 fully saturated rings. The fourth-order valence-corrected chi connectivity index (χ4v) is 4.37. The molecule has 0 N–H and O–H groups in total. The third-order valence-corrected chi connectivity index (χ3v) is 5.33. The highest BCUT2D eigenvalue weighted by Gasteiger charge is 2.56. The lowest BCUT2D eigenvalue weighted by atomic mass is 9.62. The van der Waals surface area contributed by atoms with Crippen LogP contribution in [-0.4, -0.2) is 51.2 Å². The number of ether oxygens (including phenoxy) is 1. The number of hydrogen-bond acceptors (Lipinski definition) is 4. The van der Waals surface area contributed by atoms with Gasteiger partial charge in [0.2, 0.25) is 0 Å². The summed E-state index contributed by atoms with van der Waals surface area (Å²) in [5.41, 5.74) is 1.49. The molecule has 1 spiro atoms. The zero-order valence-corrected chi connectivity index (χ0v) is 13.6. The summed E-state index contributed by atoms with van der Waals surface area (Å²) in [6.07, 6.45) is 5.41. The van der Waals surface area contributed by atoms with E-state index in [2.05, 4.69) is 23.9 Å². The summed E-state index contributed by atoms with van der Waals surface area (Å²) in [5, 5.41) is 4.26. The molecule has 0 radical (unpaired) electrons. The van der Waals surface area contributed by atoms with Gasteiger partial charge in [0.25, 0.3) is 5.91 Å².